The Kier molecular flexibility index (Phi) is 3.33. The van der Waals surface area contributed by atoms with Crippen LogP contribution in [0, 0.1) is 0 Å². The van der Waals surface area contributed by atoms with Crippen molar-refractivity contribution in [3.63, 3.8) is 0 Å². The number of anilines is 1. The molecule has 0 spiro atoms. The largest absolute Gasteiger partial charge is 0.478 e. The predicted molar refractivity (Wildman–Crippen MR) is 81.6 cm³/mol. The van der Waals surface area contributed by atoms with Crippen molar-refractivity contribution in [2.45, 2.75) is 9.24 Å². The third-order valence-corrected chi connectivity index (χ3v) is 4.90. The lowest BCUT2D eigenvalue weighted by Crippen LogP contribution is -1.98. The third-order valence-electron chi connectivity index (χ3n) is 2.73. The van der Waals surface area contributed by atoms with Gasteiger partial charge in [0.15, 0.2) is 4.34 Å². The summed E-state index contributed by atoms with van der Waals surface area (Å²) >= 11 is 2.95. The first kappa shape index (κ1) is 13.0. The van der Waals surface area contributed by atoms with Gasteiger partial charge < -0.3 is 10.8 Å². The number of carbonyl (C=O) groups is 1. The molecule has 3 aromatic rings. The lowest BCUT2D eigenvalue weighted by Gasteiger charge is -2.04. The second-order valence-corrected chi connectivity index (χ2v) is 6.43. The van der Waals surface area contributed by atoms with Crippen LogP contribution < -0.4 is 5.73 Å². The van der Waals surface area contributed by atoms with E-state index in [2.05, 4.69) is 4.98 Å². The number of benzene rings is 2. The predicted octanol–water partition coefficient (Wildman–Crippen LogP) is 3.73. The Morgan fingerprint density at radius 2 is 2.05 bits per heavy atom. The van der Waals surface area contributed by atoms with E-state index in [1.165, 1.54) is 17.8 Å². The van der Waals surface area contributed by atoms with Crippen molar-refractivity contribution in [3.05, 3.63) is 48.0 Å². The summed E-state index contributed by atoms with van der Waals surface area (Å²) in [5, 5.41) is 9.02. The maximum Gasteiger partial charge on any atom is 0.335 e. The first-order valence-electron chi connectivity index (χ1n) is 5.80. The number of rotatable bonds is 3. The molecule has 100 valence electrons. The topological polar surface area (TPSA) is 76.2 Å². The van der Waals surface area contributed by atoms with Crippen LogP contribution in [0.1, 0.15) is 10.4 Å². The average Bonchev–Trinajstić information content (AvgIpc) is 2.83. The van der Waals surface area contributed by atoms with Crippen molar-refractivity contribution in [2.75, 3.05) is 5.73 Å². The maximum atomic E-state index is 11.0. The quantitative estimate of drug-likeness (QED) is 0.721. The monoisotopic (exact) mass is 302 g/mol. The molecule has 0 radical (unpaired) electrons. The molecule has 20 heavy (non-hydrogen) atoms. The fourth-order valence-electron chi connectivity index (χ4n) is 1.74. The van der Waals surface area contributed by atoms with Gasteiger partial charge in [0, 0.05) is 10.6 Å². The molecule has 0 atom stereocenters. The Balaban J connectivity index is 1.97. The molecule has 6 heteroatoms. The molecule has 0 aliphatic rings. The molecule has 0 unspecified atom stereocenters. The number of aromatic carboxylic acids is 1. The van der Waals surface area contributed by atoms with Crippen molar-refractivity contribution >= 4 is 45.0 Å². The number of carboxylic acids is 1. The van der Waals surface area contributed by atoms with Gasteiger partial charge in [0.2, 0.25) is 0 Å². The van der Waals surface area contributed by atoms with Crippen LogP contribution in [0.15, 0.2) is 51.7 Å². The van der Waals surface area contributed by atoms with E-state index in [1.54, 1.807) is 23.5 Å². The van der Waals surface area contributed by atoms with Crippen LogP contribution in [0.25, 0.3) is 10.2 Å². The number of carboxylic acid groups (broad SMARTS) is 1. The van der Waals surface area contributed by atoms with Gasteiger partial charge in [-0.25, -0.2) is 9.78 Å². The number of aromatic nitrogens is 1. The first-order valence-corrected chi connectivity index (χ1v) is 7.43. The SMILES string of the molecule is Nc1ccc(C(=O)O)cc1Sc1nc2ccccc2s1. The summed E-state index contributed by atoms with van der Waals surface area (Å²) in [6, 6.07) is 12.6. The lowest BCUT2D eigenvalue weighted by atomic mass is 10.2. The highest BCUT2D eigenvalue weighted by atomic mass is 32.2. The van der Waals surface area contributed by atoms with Gasteiger partial charge in [-0.3, -0.25) is 0 Å². The van der Waals surface area contributed by atoms with Gasteiger partial charge in [-0.1, -0.05) is 23.9 Å². The standard InChI is InChI=1S/C14H10N2O2S2/c15-9-6-5-8(13(17)18)7-12(9)20-14-16-10-3-1-2-4-11(10)19-14/h1-7H,15H2,(H,17,18). The first-order chi connectivity index (χ1) is 9.63. The average molecular weight is 302 g/mol. The molecule has 0 aliphatic heterocycles. The number of thiazole rings is 1. The molecule has 2 aromatic carbocycles. The smallest absolute Gasteiger partial charge is 0.335 e. The van der Waals surface area contributed by atoms with E-state index < -0.39 is 5.97 Å². The summed E-state index contributed by atoms with van der Waals surface area (Å²) in [5.41, 5.74) is 7.61. The maximum absolute atomic E-state index is 11.0. The van der Waals surface area contributed by atoms with E-state index in [0.29, 0.717) is 10.6 Å². The van der Waals surface area contributed by atoms with E-state index in [0.717, 1.165) is 14.6 Å². The summed E-state index contributed by atoms with van der Waals surface area (Å²) in [6.07, 6.45) is 0. The number of fused-ring (bicyclic) bond motifs is 1. The Morgan fingerprint density at radius 3 is 2.80 bits per heavy atom. The number of nitrogens with two attached hydrogens (primary N) is 1. The number of para-hydroxylation sites is 1. The van der Waals surface area contributed by atoms with Crippen LogP contribution >= 0.6 is 23.1 Å². The molecule has 4 nitrogen and oxygen atoms in total. The number of nitrogen functional groups attached to an aromatic ring is 1. The molecule has 0 amide bonds. The third kappa shape index (κ3) is 2.48. The second-order valence-electron chi connectivity index (χ2n) is 4.11. The van der Waals surface area contributed by atoms with Crippen LogP contribution in [0.2, 0.25) is 0 Å². The summed E-state index contributed by atoms with van der Waals surface area (Å²) in [7, 11) is 0. The fraction of sp³-hybridized carbons (Fsp3) is 0. The molecule has 0 aliphatic carbocycles. The van der Waals surface area contributed by atoms with Gasteiger partial charge in [0.1, 0.15) is 0 Å². The highest BCUT2D eigenvalue weighted by molar-refractivity contribution is 8.01. The van der Waals surface area contributed by atoms with Gasteiger partial charge in [0.05, 0.1) is 15.8 Å². The van der Waals surface area contributed by atoms with Crippen LogP contribution in [0.5, 0.6) is 0 Å². The Morgan fingerprint density at radius 1 is 1.25 bits per heavy atom. The van der Waals surface area contributed by atoms with Crippen LogP contribution in [0.3, 0.4) is 0 Å². The van der Waals surface area contributed by atoms with E-state index in [-0.39, 0.29) is 5.56 Å². The molecule has 1 heterocycles. The molecule has 3 rings (SSSR count). The minimum Gasteiger partial charge on any atom is -0.478 e. The lowest BCUT2D eigenvalue weighted by molar-refractivity contribution is 0.0696. The zero-order chi connectivity index (χ0) is 14.1. The molecule has 0 saturated carbocycles. The number of hydrogen-bond donors (Lipinski definition) is 2. The van der Waals surface area contributed by atoms with Crippen molar-refractivity contribution in [1.82, 2.24) is 4.98 Å². The minimum absolute atomic E-state index is 0.225. The van der Waals surface area contributed by atoms with Crippen LogP contribution in [-0.4, -0.2) is 16.1 Å². The fourth-order valence-corrected chi connectivity index (χ4v) is 3.85. The minimum atomic E-state index is -0.962. The Labute approximate surface area is 123 Å². The van der Waals surface area contributed by atoms with E-state index in [9.17, 15) is 4.79 Å². The molecule has 0 fully saturated rings. The van der Waals surface area contributed by atoms with Gasteiger partial charge in [-0.15, -0.1) is 11.3 Å². The Bertz CT molecular complexity index is 766. The molecular weight excluding hydrogens is 292 g/mol. The van der Waals surface area contributed by atoms with Gasteiger partial charge in [0.25, 0.3) is 0 Å². The van der Waals surface area contributed by atoms with Gasteiger partial charge in [-0.05, 0) is 30.3 Å². The summed E-state index contributed by atoms with van der Waals surface area (Å²) in [4.78, 5) is 16.2. The van der Waals surface area contributed by atoms with Gasteiger partial charge in [-0.2, -0.15) is 0 Å². The van der Waals surface area contributed by atoms with Crippen molar-refractivity contribution in [3.8, 4) is 0 Å². The molecule has 1 aromatic heterocycles. The van der Waals surface area contributed by atoms with Crippen LogP contribution in [-0.2, 0) is 0 Å². The van der Waals surface area contributed by atoms with Crippen molar-refractivity contribution in [1.29, 1.82) is 0 Å². The zero-order valence-electron chi connectivity index (χ0n) is 10.2. The molecule has 3 N–H and O–H groups in total. The van der Waals surface area contributed by atoms with Gasteiger partial charge >= 0.3 is 5.97 Å². The summed E-state index contributed by atoms with van der Waals surface area (Å²) in [5.74, 6) is -0.962. The second kappa shape index (κ2) is 5.15. The van der Waals surface area contributed by atoms with E-state index in [1.807, 2.05) is 24.3 Å². The summed E-state index contributed by atoms with van der Waals surface area (Å²) in [6.45, 7) is 0. The van der Waals surface area contributed by atoms with Crippen molar-refractivity contribution < 1.29 is 9.90 Å². The van der Waals surface area contributed by atoms with Crippen molar-refractivity contribution in [2.24, 2.45) is 0 Å². The molecular formula is C14H10N2O2S2. The van der Waals surface area contributed by atoms with E-state index >= 15 is 0 Å². The normalized spacial score (nSPS) is 10.8. The number of nitrogens with zero attached hydrogens (tertiary/aromatic N) is 1. The number of hydrogen-bond acceptors (Lipinski definition) is 5. The van der Waals surface area contributed by atoms with Crippen LogP contribution in [0.4, 0.5) is 5.69 Å². The summed E-state index contributed by atoms with van der Waals surface area (Å²) < 4.78 is 1.95. The molecule has 0 saturated heterocycles. The Hall–Kier alpha value is -2.05. The zero-order valence-corrected chi connectivity index (χ0v) is 11.9. The highest BCUT2D eigenvalue weighted by Gasteiger charge is 2.10. The van der Waals surface area contributed by atoms with E-state index in [4.69, 9.17) is 10.8 Å². The molecule has 0 bridgehead atoms. The highest BCUT2D eigenvalue weighted by Crippen LogP contribution is 2.37.